The summed E-state index contributed by atoms with van der Waals surface area (Å²) >= 11 is 0. The van der Waals surface area contributed by atoms with Crippen molar-refractivity contribution in [1.82, 2.24) is 15.2 Å². The fourth-order valence-electron chi connectivity index (χ4n) is 3.87. The number of benzene rings is 1. The summed E-state index contributed by atoms with van der Waals surface area (Å²) in [7, 11) is 0. The largest absolute Gasteiger partial charge is 0.368 e. The number of hydrogen-bond donors (Lipinski definition) is 2. The van der Waals surface area contributed by atoms with E-state index < -0.39 is 17.8 Å². The van der Waals surface area contributed by atoms with Crippen LogP contribution in [0.3, 0.4) is 0 Å². The summed E-state index contributed by atoms with van der Waals surface area (Å²) in [5.41, 5.74) is 6.72. The predicted octanol–water partition coefficient (Wildman–Crippen LogP) is 1.06. The predicted molar refractivity (Wildman–Crippen MR) is 115 cm³/mol. The van der Waals surface area contributed by atoms with Crippen LogP contribution in [0, 0.1) is 5.82 Å². The lowest BCUT2D eigenvalue weighted by Crippen LogP contribution is -2.48. The number of hydrogen-bond acceptors (Lipinski definition) is 6. The number of pyridine rings is 1. The molecule has 3 N–H and O–H groups in total. The maximum Gasteiger partial charge on any atom is 0.270 e. The van der Waals surface area contributed by atoms with Gasteiger partial charge in [0.05, 0.1) is 11.3 Å². The number of nitrogens with zero attached hydrogens (tertiary/aromatic N) is 4. The molecular formula is C22H23FN6O3. The molecule has 0 saturated carbocycles. The van der Waals surface area contributed by atoms with Crippen LogP contribution in [0.4, 0.5) is 10.1 Å². The van der Waals surface area contributed by atoms with E-state index in [0.29, 0.717) is 37.2 Å². The maximum absolute atomic E-state index is 13.2. The van der Waals surface area contributed by atoms with Crippen molar-refractivity contribution < 1.29 is 18.8 Å². The van der Waals surface area contributed by atoms with E-state index in [9.17, 15) is 18.8 Å². The van der Waals surface area contributed by atoms with Gasteiger partial charge in [-0.1, -0.05) is 0 Å². The molecule has 32 heavy (non-hydrogen) atoms. The third kappa shape index (κ3) is 4.58. The van der Waals surface area contributed by atoms with Crippen LogP contribution in [-0.4, -0.2) is 58.5 Å². The molecule has 166 valence electrons. The van der Waals surface area contributed by atoms with Gasteiger partial charge in [0.25, 0.3) is 11.8 Å². The van der Waals surface area contributed by atoms with E-state index in [-0.39, 0.29) is 30.0 Å². The number of nitrogens with two attached hydrogens (primary N) is 1. The molecule has 1 atom stereocenters. The number of aromatic nitrogens is 1. The molecule has 0 bridgehead atoms. The first-order valence-electron chi connectivity index (χ1n) is 10.3. The highest BCUT2D eigenvalue weighted by atomic mass is 19.1. The summed E-state index contributed by atoms with van der Waals surface area (Å²) in [4.78, 5) is 42.9. The van der Waals surface area contributed by atoms with Gasteiger partial charge in [-0.15, -0.1) is 0 Å². The standard InChI is InChI=1S/C22H23FN6O3/c23-15-3-5-17(6-4-15)29-19(20(24)30)12-18(27-29)22(32)28-10-7-16(8-11-28)26-21(31)14-2-1-9-25-13-14/h1-6,9,13,16,19H,7-8,10-12H2,(H2,24,30)(H,26,31). The molecule has 3 heterocycles. The van der Waals surface area contributed by atoms with Gasteiger partial charge in [-0.25, -0.2) is 4.39 Å². The normalized spacial score (nSPS) is 18.9. The molecule has 9 nitrogen and oxygen atoms in total. The Kier molecular flexibility index (Phi) is 6.11. The fourth-order valence-corrected chi connectivity index (χ4v) is 3.87. The second-order valence-electron chi connectivity index (χ2n) is 7.77. The van der Waals surface area contributed by atoms with Crippen LogP contribution in [0.1, 0.15) is 29.6 Å². The molecule has 10 heteroatoms. The van der Waals surface area contributed by atoms with Crippen LogP contribution < -0.4 is 16.1 Å². The van der Waals surface area contributed by atoms with Crippen molar-refractivity contribution in [2.75, 3.05) is 18.1 Å². The van der Waals surface area contributed by atoms with Gasteiger partial charge < -0.3 is 16.0 Å². The smallest absolute Gasteiger partial charge is 0.270 e. The van der Waals surface area contributed by atoms with Crippen LogP contribution >= 0.6 is 0 Å². The summed E-state index contributed by atoms with van der Waals surface area (Å²) in [6, 6.07) is 8.02. The van der Waals surface area contributed by atoms with Gasteiger partial charge >= 0.3 is 0 Å². The Morgan fingerprint density at radius 3 is 2.44 bits per heavy atom. The van der Waals surface area contributed by atoms with Gasteiger partial charge in [0.15, 0.2) is 0 Å². The monoisotopic (exact) mass is 438 g/mol. The summed E-state index contributed by atoms with van der Waals surface area (Å²) in [6.45, 7) is 0.904. The number of amides is 3. The Labute approximate surface area is 184 Å². The van der Waals surface area contributed by atoms with Gasteiger partial charge in [0.1, 0.15) is 17.6 Å². The number of halogens is 1. The third-order valence-corrected chi connectivity index (χ3v) is 5.62. The molecule has 0 spiro atoms. The van der Waals surface area contributed by atoms with Crippen LogP contribution in [0.25, 0.3) is 0 Å². The molecule has 1 aromatic carbocycles. The Balaban J connectivity index is 1.38. The van der Waals surface area contributed by atoms with Gasteiger partial charge in [-0.05, 0) is 49.2 Å². The zero-order valence-electron chi connectivity index (χ0n) is 17.3. The number of piperidine rings is 1. The van der Waals surface area contributed by atoms with Gasteiger partial charge in [0.2, 0.25) is 5.91 Å². The summed E-state index contributed by atoms with van der Waals surface area (Å²) < 4.78 is 13.2. The molecule has 2 aliphatic heterocycles. The zero-order chi connectivity index (χ0) is 22.7. The molecule has 1 aromatic heterocycles. The lowest BCUT2D eigenvalue weighted by Gasteiger charge is -2.32. The Bertz CT molecular complexity index is 1040. The van der Waals surface area contributed by atoms with Crippen molar-refractivity contribution >= 4 is 29.1 Å². The molecule has 0 aliphatic carbocycles. The minimum Gasteiger partial charge on any atom is -0.368 e. The highest BCUT2D eigenvalue weighted by Gasteiger charge is 2.37. The van der Waals surface area contributed by atoms with E-state index in [4.69, 9.17) is 5.73 Å². The Hall–Kier alpha value is -3.82. The molecule has 2 aliphatic rings. The van der Waals surface area contributed by atoms with Crippen LogP contribution in [0.15, 0.2) is 53.9 Å². The number of carbonyl (C=O) groups excluding carboxylic acids is 3. The number of hydrazone groups is 1. The second-order valence-corrected chi connectivity index (χ2v) is 7.77. The lowest BCUT2D eigenvalue weighted by molar-refractivity contribution is -0.125. The van der Waals surface area contributed by atoms with Crippen molar-refractivity contribution in [1.29, 1.82) is 0 Å². The van der Waals surface area contributed by atoms with E-state index in [1.807, 2.05) is 0 Å². The highest BCUT2D eigenvalue weighted by Crippen LogP contribution is 2.26. The molecular weight excluding hydrogens is 415 g/mol. The number of nitrogens with one attached hydrogen (secondary N) is 1. The molecule has 1 fully saturated rings. The van der Waals surface area contributed by atoms with Crippen molar-refractivity contribution in [3.05, 3.63) is 60.2 Å². The second kappa shape index (κ2) is 9.13. The summed E-state index contributed by atoms with van der Waals surface area (Å²) in [5, 5.41) is 8.67. The molecule has 2 aromatic rings. The zero-order valence-corrected chi connectivity index (χ0v) is 17.3. The first-order chi connectivity index (χ1) is 15.4. The van der Waals surface area contributed by atoms with E-state index in [2.05, 4.69) is 15.4 Å². The fraction of sp³-hybridized carbons (Fsp3) is 0.318. The summed E-state index contributed by atoms with van der Waals surface area (Å²) in [6.07, 6.45) is 4.40. The van der Waals surface area contributed by atoms with Gasteiger partial charge in [0, 0.05) is 37.9 Å². The van der Waals surface area contributed by atoms with Crippen molar-refractivity contribution in [3.63, 3.8) is 0 Å². The Morgan fingerprint density at radius 2 is 1.81 bits per heavy atom. The maximum atomic E-state index is 13.2. The molecule has 1 unspecified atom stereocenters. The number of carbonyl (C=O) groups is 3. The van der Waals surface area contributed by atoms with E-state index in [1.54, 1.807) is 23.2 Å². The van der Waals surface area contributed by atoms with Gasteiger partial charge in [-0.2, -0.15) is 5.10 Å². The van der Waals surface area contributed by atoms with Crippen molar-refractivity contribution in [2.24, 2.45) is 10.8 Å². The number of likely N-dealkylation sites (tertiary alicyclic amines) is 1. The molecule has 1 saturated heterocycles. The van der Waals surface area contributed by atoms with Gasteiger partial charge in [-0.3, -0.25) is 24.4 Å². The molecule has 3 amide bonds. The lowest BCUT2D eigenvalue weighted by atomic mass is 10.0. The van der Waals surface area contributed by atoms with E-state index in [1.165, 1.54) is 35.5 Å². The molecule has 4 rings (SSSR count). The van der Waals surface area contributed by atoms with Crippen molar-refractivity contribution in [3.8, 4) is 0 Å². The minimum atomic E-state index is -0.810. The third-order valence-electron chi connectivity index (χ3n) is 5.62. The van der Waals surface area contributed by atoms with E-state index in [0.717, 1.165) is 0 Å². The van der Waals surface area contributed by atoms with Crippen LogP contribution in [-0.2, 0) is 9.59 Å². The van der Waals surface area contributed by atoms with E-state index >= 15 is 0 Å². The van der Waals surface area contributed by atoms with Crippen LogP contribution in [0.2, 0.25) is 0 Å². The highest BCUT2D eigenvalue weighted by molar-refractivity contribution is 6.40. The summed E-state index contributed by atoms with van der Waals surface area (Å²) in [5.74, 6) is -1.49. The first-order valence-corrected chi connectivity index (χ1v) is 10.3. The number of primary amides is 1. The van der Waals surface area contributed by atoms with Crippen molar-refractivity contribution in [2.45, 2.75) is 31.3 Å². The first kappa shape index (κ1) is 21.4. The average Bonchev–Trinajstić information content (AvgIpc) is 3.26. The molecule has 0 radical (unpaired) electrons. The quantitative estimate of drug-likeness (QED) is 0.723. The topological polar surface area (TPSA) is 121 Å². The minimum absolute atomic E-state index is 0.0497. The number of anilines is 1. The average molecular weight is 438 g/mol. The van der Waals surface area contributed by atoms with Crippen LogP contribution in [0.5, 0.6) is 0 Å². The SMILES string of the molecule is NC(=O)C1CC(C(=O)N2CCC(NC(=O)c3cccnc3)CC2)=NN1c1ccc(F)cc1. The Morgan fingerprint density at radius 1 is 1.09 bits per heavy atom. The number of rotatable bonds is 5.